The quantitative estimate of drug-likeness (QED) is 0.351. The van der Waals surface area contributed by atoms with Crippen LogP contribution >= 0.6 is 0 Å². The zero-order chi connectivity index (χ0) is 24.1. The summed E-state index contributed by atoms with van der Waals surface area (Å²) in [6.45, 7) is 5.55. The number of hydrogen-bond donors (Lipinski definition) is 1. The third-order valence-corrected chi connectivity index (χ3v) is 6.64. The maximum Gasteiger partial charge on any atom is 0.409 e. The molecule has 1 saturated heterocycles. The smallest absolute Gasteiger partial charge is 0.287 e. The van der Waals surface area contributed by atoms with E-state index in [0.717, 1.165) is 28.8 Å². The van der Waals surface area contributed by atoms with Gasteiger partial charge in [-0.05, 0) is 48.6 Å². The Hall–Kier alpha value is -2.08. The van der Waals surface area contributed by atoms with Gasteiger partial charge in [-0.3, -0.25) is 10.2 Å². The van der Waals surface area contributed by atoms with Gasteiger partial charge in [0.15, 0.2) is 6.04 Å². The number of hydrazine groups is 1. The molecule has 1 N–H and O–H groups in total. The van der Waals surface area contributed by atoms with Gasteiger partial charge in [-0.15, -0.1) is 0 Å². The molecule has 6 heteroatoms. The van der Waals surface area contributed by atoms with Crippen LogP contribution in [0.1, 0.15) is 89.3 Å². The molecule has 1 fully saturated rings. The number of carbonyl (C=O) groups excluding carboxylic acids is 1. The summed E-state index contributed by atoms with van der Waals surface area (Å²) in [5.74, 6) is -0.385. The molecule has 0 aliphatic carbocycles. The number of benzene rings is 2. The summed E-state index contributed by atoms with van der Waals surface area (Å²) in [4.78, 5) is 12.2. The van der Waals surface area contributed by atoms with Crippen LogP contribution in [0.25, 0.3) is 10.8 Å². The first-order valence-electron chi connectivity index (χ1n) is 12.3. The fourth-order valence-corrected chi connectivity index (χ4v) is 4.71. The van der Waals surface area contributed by atoms with E-state index >= 15 is 0 Å². The molecule has 3 nitrogen and oxygen atoms in total. The summed E-state index contributed by atoms with van der Waals surface area (Å²) in [7, 11) is 0. The van der Waals surface area contributed by atoms with Crippen LogP contribution in [0, 0.1) is 5.41 Å². The normalized spacial score (nSPS) is 17.5. The van der Waals surface area contributed by atoms with Crippen LogP contribution in [0.5, 0.6) is 0 Å². The molecule has 0 bridgehead atoms. The first-order valence-corrected chi connectivity index (χ1v) is 12.3. The zero-order valence-corrected chi connectivity index (χ0v) is 20.1. The van der Waals surface area contributed by atoms with Gasteiger partial charge in [-0.25, -0.2) is 5.01 Å². The monoisotopic (exact) mass is 462 g/mol. The number of rotatable bonds is 11. The van der Waals surface area contributed by atoms with Crippen molar-refractivity contribution in [2.75, 3.05) is 6.54 Å². The number of hydrogen-bond acceptors (Lipinski definition) is 2. The lowest BCUT2D eigenvalue weighted by atomic mass is 9.92. The van der Waals surface area contributed by atoms with Gasteiger partial charge in [-0.2, -0.15) is 13.2 Å². The van der Waals surface area contributed by atoms with Gasteiger partial charge < -0.3 is 0 Å². The van der Waals surface area contributed by atoms with Crippen LogP contribution in [-0.4, -0.2) is 23.6 Å². The minimum Gasteiger partial charge on any atom is -0.287 e. The third-order valence-electron chi connectivity index (χ3n) is 6.64. The molecular weight excluding hydrogens is 425 g/mol. The number of nitrogens with zero attached hydrogens (tertiary/aromatic N) is 1. The van der Waals surface area contributed by atoms with Crippen LogP contribution in [-0.2, 0) is 11.2 Å². The lowest BCUT2D eigenvalue weighted by Gasteiger charge is -2.30. The van der Waals surface area contributed by atoms with Crippen LogP contribution in [0.4, 0.5) is 13.2 Å². The van der Waals surface area contributed by atoms with E-state index in [1.54, 1.807) is 19.9 Å². The molecule has 1 amide bonds. The highest BCUT2D eigenvalue weighted by Crippen LogP contribution is 2.42. The van der Waals surface area contributed by atoms with Crippen molar-refractivity contribution in [2.24, 2.45) is 5.41 Å². The molecule has 2 aromatic rings. The number of carbonyl (C=O) groups is 1. The highest BCUT2D eigenvalue weighted by atomic mass is 19.4. The van der Waals surface area contributed by atoms with Gasteiger partial charge in [0.05, 0.1) is 5.41 Å². The van der Waals surface area contributed by atoms with E-state index in [9.17, 15) is 18.0 Å². The van der Waals surface area contributed by atoms with Gasteiger partial charge in [0.2, 0.25) is 5.91 Å². The Morgan fingerprint density at radius 2 is 1.67 bits per heavy atom. The second kappa shape index (κ2) is 10.9. The fraction of sp³-hybridized carbons (Fsp3) is 0.593. The second-order valence-corrected chi connectivity index (χ2v) is 10.0. The van der Waals surface area contributed by atoms with Crippen molar-refractivity contribution in [3.8, 4) is 0 Å². The molecule has 0 aromatic heterocycles. The lowest BCUT2D eigenvalue weighted by molar-refractivity contribution is -0.191. The molecule has 0 unspecified atom stereocenters. The number of unbranched alkanes of at least 4 members (excludes halogenated alkanes) is 7. The average Bonchev–Trinajstić information content (AvgIpc) is 3.00. The molecule has 3 rings (SSSR count). The molecule has 2 aromatic carbocycles. The summed E-state index contributed by atoms with van der Waals surface area (Å²) in [6, 6.07) is 8.97. The van der Waals surface area contributed by atoms with Crippen molar-refractivity contribution in [2.45, 2.75) is 90.8 Å². The Kier molecular flexibility index (Phi) is 8.43. The van der Waals surface area contributed by atoms with Gasteiger partial charge in [0.25, 0.3) is 0 Å². The van der Waals surface area contributed by atoms with Crippen LogP contribution in [0.2, 0.25) is 0 Å². The van der Waals surface area contributed by atoms with Crippen molar-refractivity contribution in [3.63, 3.8) is 0 Å². The number of fused-ring (bicyclic) bond motifs is 1. The molecule has 33 heavy (non-hydrogen) atoms. The summed E-state index contributed by atoms with van der Waals surface area (Å²) < 4.78 is 42.6. The maximum absolute atomic E-state index is 14.2. The summed E-state index contributed by atoms with van der Waals surface area (Å²) in [5, 5.41) is 2.44. The first-order chi connectivity index (χ1) is 15.6. The molecule has 1 atom stereocenters. The number of halogens is 3. The Morgan fingerprint density at radius 1 is 1.00 bits per heavy atom. The Balaban J connectivity index is 1.72. The van der Waals surface area contributed by atoms with Gasteiger partial charge in [-0.1, -0.05) is 88.3 Å². The van der Waals surface area contributed by atoms with Crippen molar-refractivity contribution in [1.82, 2.24) is 10.4 Å². The standard InChI is InChI=1S/C27H37F3N2O/c1-4-5-6-7-8-9-10-11-13-20-16-17-22-21(18-20)14-12-15-23(22)24(27(28,29)30)32-19-26(2,3)25(33)31-32/h12,14-18,24H,4-11,13,19H2,1-3H3,(H,31,33)/t24-/m0/s1. The largest absolute Gasteiger partial charge is 0.409 e. The SMILES string of the molecule is CCCCCCCCCCc1ccc2c([C@H](N3CC(C)(C)C(=O)N3)C(F)(F)F)cccc2c1. The van der Waals surface area contributed by atoms with E-state index in [0.29, 0.717) is 5.39 Å². The third kappa shape index (κ3) is 6.50. The fourth-order valence-electron chi connectivity index (χ4n) is 4.71. The average molecular weight is 463 g/mol. The van der Waals surface area contributed by atoms with Crippen LogP contribution < -0.4 is 5.43 Å². The number of aryl methyl sites for hydroxylation is 1. The Morgan fingerprint density at radius 3 is 2.27 bits per heavy atom. The van der Waals surface area contributed by atoms with E-state index in [1.165, 1.54) is 51.0 Å². The zero-order valence-electron chi connectivity index (χ0n) is 20.1. The van der Waals surface area contributed by atoms with Crippen molar-refractivity contribution >= 4 is 16.7 Å². The Labute approximate surface area is 195 Å². The van der Waals surface area contributed by atoms with E-state index in [2.05, 4.69) is 12.3 Å². The second-order valence-electron chi connectivity index (χ2n) is 10.0. The molecule has 0 spiro atoms. The minimum atomic E-state index is -4.52. The number of amides is 1. The summed E-state index contributed by atoms with van der Waals surface area (Å²) in [5.41, 5.74) is 2.93. The summed E-state index contributed by atoms with van der Waals surface area (Å²) in [6.07, 6.45) is 6.43. The lowest BCUT2D eigenvalue weighted by Crippen LogP contribution is -2.43. The van der Waals surface area contributed by atoms with Crippen LogP contribution in [0.15, 0.2) is 36.4 Å². The van der Waals surface area contributed by atoms with Gasteiger partial charge >= 0.3 is 6.18 Å². The maximum atomic E-state index is 14.2. The molecule has 1 aliphatic rings. The number of alkyl halides is 3. The van der Waals surface area contributed by atoms with Crippen molar-refractivity contribution in [1.29, 1.82) is 0 Å². The van der Waals surface area contributed by atoms with Crippen molar-refractivity contribution in [3.05, 3.63) is 47.5 Å². The highest BCUT2D eigenvalue weighted by Gasteiger charge is 2.51. The predicted octanol–water partition coefficient (Wildman–Crippen LogP) is 7.50. The van der Waals surface area contributed by atoms with E-state index in [4.69, 9.17) is 0 Å². The van der Waals surface area contributed by atoms with E-state index in [1.807, 2.05) is 24.3 Å². The van der Waals surface area contributed by atoms with Crippen molar-refractivity contribution < 1.29 is 18.0 Å². The number of nitrogens with one attached hydrogen (secondary N) is 1. The molecule has 0 radical (unpaired) electrons. The van der Waals surface area contributed by atoms with Crippen LogP contribution in [0.3, 0.4) is 0 Å². The van der Waals surface area contributed by atoms with Gasteiger partial charge in [0.1, 0.15) is 0 Å². The van der Waals surface area contributed by atoms with E-state index in [-0.39, 0.29) is 18.0 Å². The first kappa shape index (κ1) is 25.5. The van der Waals surface area contributed by atoms with E-state index < -0.39 is 17.6 Å². The highest BCUT2D eigenvalue weighted by molar-refractivity contribution is 5.87. The molecular formula is C27H37F3N2O. The molecule has 0 saturated carbocycles. The Bertz CT molecular complexity index is 939. The summed E-state index contributed by atoms with van der Waals surface area (Å²) >= 11 is 0. The molecule has 182 valence electrons. The topological polar surface area (TPSA) is 32.3 Å². The predicted molar refractivity (Wildman–Crippen MR) is 128 cm³/mol. The minimum absolute atomic E-state index is 0.00290. The molecule has 1 aliphatic heterocycles. The molecule has 1 heterocycles. The van der Waals surface area contributed by atoms with Gasteiger partial charge in [0, 0.05) is 6.54 Å².